The monoisotopic (exact) mass is 340 g/mol. The maximum atomic E-state index is 12.1. The Balaban J connectivity index is 1.81. The summed E-state index contributed by atoms with van der Waals surface area (Å²) in [6.07, 6.45) is 3.71. The van der Waals surface area contributed by atoms with E-state index in [1.165, 1.54) is 12.4 Å². The molecule has 7 nitrogen and oxygen atoms in total. The summed E-state index contributed by atoms with van der Waals surface area (Å²) in [5, 5.41) is 3.14. The summed E-state index contributed by atoms with van der Waals surface area (Å²) in [5.41, 5.74) is -0.279. The summed E-state index contributed by atoms with van der Waals surface area (Å²) in [5.74, 6) is -0.287. The lowest BCUT2D eigenvalue weighted by Gasteiger charge is -2.33. The first kappa shape index (κ1) is 17.5. The van der Waals surface area contributed by atoms with Crippen LogP contribution in [0.2, 0.25) is 5.15 Å². The van der Waals surface area contributed by atoms with Gasteiger partial charge in [-0.15, -0.1) is 0 Å². The van der Waals surface area contributed by atoms with Crippen molar-refractivity contribution >= 4 is 23.6 Å². The van der Waals surface area contributed by atoms with Gasteiger partial charge in [0, 0.05) is 19.1 Å². The number of rotatable bonds is 2. The number of amides is 2. The maximum absolute atomic E-state index is 12.1. The van der Waals surface area contributed by atoms with E-state index < -0.39 is 5.60 Å². The van der Waals surface area contributed by atoms with Crippen molar-refractivity contribution in [3.05, 3.63) is 23.2 Å². The van der Waals surface area contributed by atoms with Crippen LogP contribution in [0.5, 0.6) is 0 Å². The molecule has 2 amide bonds. The van der Waals surface area contributed by atoms with Crippen LogP contribution in [0.1, 0.15) is 44.1 Å². The normalized spacial score (nSPS) is 16.1. The van der Waals surface area contributed by atoms with Gasteiger partial charge in [0.2, 0.25) is 0 Å². The third-order valence-corrected chi connectivity index (χ3v) is 3.53. The van der Waals surface area contributed by atoms with E-state index in [1.807, 2.05) is 20.8 Å². The molecule has 1 aliphatic rings. The van der Waals surface area contributed by atoms with Crippen molar-refractivity contribution in [2.45, 2.75) is 45.3 Å². The summed E-state index contributed by atoms with van der Waals surface area (Å²) in [6, 6.07) is -0.00124. The van der Waals surface area contributed by atoms with Gasteiger partial charge in [0.15, 0.2) is 0 Å². The van der Waals surface area contributed by atoms with E-state index in [-0.39, 0.29) is 28.9 Å². The second kappa shape index (κ2) is 7.12. The number of carbonyl (C=O) groups is 2. The predicted octanol–water partition coefficient (Wildman–Crippen LogP) is 2.26. The van der Waals surface area contributed by atoms with Gasteiger partial charge in [0.05, 0.1) is 12.4 Å². The van der Waals surface area contributed by atoms with Crippen molar-refractivity contribution in [1.82, 2.24) is 20.2 Å². The summed E-state index contributed by atoms with van der Waals surface area (Å²) in [7, 11) is 0. The zero-order valence-corrected chi connectivity index (χ0v) is 14.3. The molecule has 0 aromatic carbocycles. The van der Waals surface area contributed by atoms with Crippen LogP contribution in [0.15, 0.2) is 12.4 Å². The Bertz CT molecular complexity index is 563. The number of nitrogens with zero attached hydrogens (tertiary/aromatic N) is 3. The van der Waals surface area contributed by atoms with Gasteiger partial charge < -0.3 is 15.0 Å². The number of halogens is 1. The van der Waals surface area contributed by atoms with Crippen LogP contribution in [0.4, 0.5) is 4.79 Å². The molecule has 126 valence electrons. The lowest BCUT2D eigenvalue weighted by molar-refractivity contribution is 0.0199. The fourth-order valence-electron chi connectivity index (χ4n) is 2.22. The van der Waals surface area contributed by atoms with E-state index in [9.17, 15) is 9.59 Å². The summed E-state index contributed by atoms with van der Waals surface area (Å²) < 4.78 is 5.34. The minimum Gasteiger partial charge on any atom is -0.444 e. The number of hydrogen-bond donors (Lipinski definition) is 1. The van der Waals surface area contributed by atoms with E-state index in [0.29, 0.717) is 25.9 Å². The van der Waals surface area contributed by atoms with E-state index >= 15 is 0 Å². The Morgan fingerprint density at radius 3 is 2.43 bits per heavy atom. The molecule has 2 heterocycles. The van der Waals surface area contributed by atoms with E-state index in [1.54, 1.807) is 4.90 Å². The van der Waals surface area contributed by atoms with Gasteiger partial charge in [-0.1, -0.05) is 11.6 Å². The van der Waals surface area contributed by atoms with Gasteiger partial charge in [-0.3, -0.25) is 4.79 Å². The molecule has 0 radical (unpaired) electrons. The summed E-state index contributed by atoms with van der Waals surface area (Å²) in [6.45, 7) is 6.61. The van der Waals surface area contributed by atoms with Crippen molar-refractivity contribution in [2.24, 2.45) is 0 Å². The highest BCUT2D eigenvalue weighted by Crippen LogP contribution is 2.15. The number of ether oxygens (including phenoxy) is 1. The lowest BCUT2D eigenvalue weighted by Crippen LogP contribution is -2.47. The van der Waals surface area contributed by atoms with Crippen molar-refractivity contribution in [2.75, 3.05) is 13.1 Å². The molecular formula is C15H21ClN4O3. The Hall–Kier alpha value is -1.89. The lowest BCUT2D eigenvalue weighted by atomic mass is 10.1. The van der Waals surface area contributed by atoms with Gasteiger partial charge in [0.1, 0.15) is 16.4 Å². The number of carbonyl (C=O) groups excluding carboxylic acids is 2. The quantitative estimate of drug-likeness (QED) is 0.892. The average molecular weight is 341 g/mol. The second-order valence-electron chi connectivity index (χ2n) is 6.44. The first-order valence-corrected chi connectivity index (χ1v) is 7.89. The highest BCUT2D eigenvalue weighted by Gasteiger charge is 2.27. The molecule has 2 rings (SSSR count). The number of piperidine rings is 1. The van der Waals surface area contributed by atoms with Crippen LogP contribution in [0, 0.1) is 0 Å². The standard InChI is InChI=1S/C15H21ClN4O3/c1-15(2,3)23-14(22)20-6-4-10(5-7-20)19-13(21)11-8-18-12(16)9-17-11/h8-10H,4-7H2,1-3H3,(H,19,21). The highest BCUT2D eigenvalue weighted by atomic mass is 35.5. The molecule has 1 aromatic heterocycles. The molecule has 23 heavy (non-hydrogen) atoms. The smallest absolute Gasteiger partial charge is 0.410 e. The Labute approximate surface area is 140 Å². The number of likely N-dealkylation sites (tertiary alicyclic amines) is 1. The molecule has 0 spiro atoms. The molecule has 1 aliphatic heterocycles. The van der Waals surface area contributed by atoms with Crippen molar-refractivity contribution in [3.63, 3.8) is 0 Å². The van der Waals surface area contributed by atoms with Crippen LogP contribution in [0.3, 0.4) is 0 Å². The number of nitrogens with one attached hydrogen (secondary N) is 1. The zero-order valence-electron chi connectivity index (χ0n) is 13.5. The molecule has 8 heteroatoms. The average Bonchev–Trinajstić information content (AvgIpc) is 2.46. The second-order valence-corrected chi connectivity index (χ2v) is 6.83. The van der Waals surface area contributed by atoms with Crippen LogP contribution in [0.25, 0.3) is 0 Å². The maximum Gasteiger partial charge on any atom is 0.410 e. The first-order valence-electron chi connectivity index (χ1n) is 7.51. The molecule has 0 bridgehead atoms. The zero-order chi connectivity index (χ0) is 17.0. The Morgan fingerprint density at radius 2 is 1.91 bits per heavy atom. The molecule has 0 aliphatic carbocycles. The fourth-order valence-corrected chi connectivity index (χ4v) is 2.32. The summed E-state index contributed by atoms with van der Waals surface area (Å²) in [4.78, 5) is 33.5. The number of aromatic nitrogens is 2. The van der Waals surface area contributed by atoms with E-state index in [2.05, 4.69) is 15.3 Å². The molecule has 1 fully saturated rings. The predicted molar refractivity (Wildman–Crippen MR) is 85.3 cm³/mol. The van der Waals surface area contributed by atoms with E-state index in [4.69, 9.17) is 16.3 Å². The van der Waals surface area contributed by atoms with Crippen LogP contribution >= 0.6 is 11.6 Å². The van der Waals surface area contributed by atoms with Crippen molar-refractivity contribution < 1.29 is 14.3 Å². The van der Waals surface area contributed by atoms with Crippen molar-refractivity contribution in [1.29, 1.82) is 0 Å². The Kier molecular flexibility index (Phi) is 5.41. The third kappa shape index (κ3) is 5.35. The molecule has 1 saturated heterocycles. The molecule has 0 saturated carbocycles. The minimum atomic E-state index is -0.505. The van der Waals surface area contributed by atoms with Crippen molar-refractivity contribution in [3.8, 4) is 0 Å². The van der Waals surface area contributed by atoms with Gasteiger partial charge in [-0.2, -0.15) is 0 Å². The SMILES string of the molecule is CC(C)(C)OC(=O)N1CCC(NC(=O)c2cnc(Cl)cn2)CC1. The Morgan fingerprint density at radius 1 is 1.26 bits per heavy atom. The van der Waals surface area contributed by atoms with Crippen LogP contribution in [-0.2, 0) is 4.74 Å². The van der Waals surface area contributed by atoms with Crippen LogP contribution < -0.4 is 5.32 Å². The largest absolute Gasteiger partial charge is 0.444 e. The minimum absolute atomic E-state index is 0.00124. The molecule has 1 aromatic rings. The number of hydrogen-bond acceptors (Lipinski definition) is 5. The van der Waals surface area contributed by atoms with Gasteiger partial charge in [-0.25, -0.2) is 14.8 Å². The van der Waals surface area contributed by atoms with E-state index in [0.717, 1.165) is 0 Å². The summed E-state index contributed by atoms with van der Waals surface area (Å²) >= 11 is 5.65. The van der Waals surface area contributed by atoms with Gasteiger partial charge in [-0.05, 0) is 33.6 Å². The van der Waals surface area contributed by atoms with Gasteiger partial charge in [0.25, 0.3) is 5.91 Å². The molecular weight excluding hydrogens is 320 g/mol. The topological polar surface area (TPSA) is 84.4 Å². The third-order valence-electron chi connectivity index (χ3n) is 3.33. The van der Waals surface area contributed by atoms with Crippen LogP contribution in [-0.4, -0.2) is 51.6 Å². The highest BCUT2D eigenvalue weighted by molar-refractivity contribution is 6.29. The fraction of sp³-hybridized carbons (Fsp3) is 0.600. The van der Waals surface area contributed by atoms with Gasteiger partial charge >= 0.3 is 6.09 Å². The first-order chi connectivity index (χ1) is 10.7. The molecule has 0 unspecified atom stereocenters. The molecule has 1 N–H and O–H groups in total. The molecule has 0 atom stereocenters.